The van der Waals surface area contributed by atoms with Gasteiger partial charge in [0.1, 0.15) is 0 Å². The molecular weight excluding hydrogens is 449 g/mol. The van der Waals surface area contributed by atoms with E-state index in [2.05, 4.69) is 5.32 Å². The quantitative estimate of drug-likeness (QED) is 0.696. The minimum atomic E-state index is -4.53. The van der Waals surface area contributed by atoms with Gasteiger partial charge in [-0.1, -0.05) is 0 Å². The number of morpholine rings is 1. The normalized spacial score (nSPS) is 20.6. The molecule has 1 aromatic rings. The van der Waals surface area contributed by atoms with E-state index >= 15 is 0 Å². The lowest BCUT2D eigenvalue weighted by atomic mass is 10.1. The lowest BCUT2D eigenvalue weighted by Crippen LogP contribution is -2.44. The second-order valence-corrected chi connectivity index (χ2v) is 10.0. The number of carbonyl (C=O) groups excluding carboxylic acids is 1. The van der Waals surface area contributed by atoms with Crippen molar-refractivity contribution < 1.29 is 31.1 Å². The fourth-order valence-corrected chi connectivity index (χ4v) is 4.80. The van der Waals surface area contributed by atoms with Crippen LogP contribution in [0.15, 0.2) is 18.2 Å². The molecule has 8 nitrogen and oxygen atoms in total. The van der Waals surface area contributed by atoms with Crippen LogP contribution in [0.2, 0.25) is 0 Å². The van der Waals surface area contributed by atoms with E-state index in [0.717, 1.165) is 18.4 Å². The maximum absolute atomic E-state index is 13.3. The van der Waals surface area contributed by atoms with Crippen LogP contribution in [0, 0.1) is 0 Å². The molecular formula is C20H29F3N4O4S. The van der Waals surface area contributed by atoms with Gasteiger partial charge in [0.05, 0.1) is 42.4 Å². The molecule has 3 rings (SSSR count). The van der Waals surface area contributed by atoms with Crippen molar-refractivity contribution in [3.05, 3.63) is 23.8 Å². The number of nitrogens with zero attached hydrogens (tertiary/aromatic N) is 3. The van der Waals surface area contributed by atoms with Crippen molar-refractivity contribution in [1.82, 2.24) is 9.21 Å². The van der Waals surface area contributed by atoms with Crippen molar-refractivity contribution in [2.24, 2.45) is 0 Å². The Morgan fingerprint density at radius 1 is 1.09 bits per heavy atom. The first-order valence-electron chi connectivity index (χ1n) is 10.5. The number of benzene rings is 1. The van der Waals surface area contributed by atoms with Gasteiger partial charge < -0.3 is 15.0 Å². The minimum absolute atomic E-state index is 0.103. The smallest absolute Gasteiger partial charge is 0.378 e. The summed E-state index contributed by atoms with van der Waals surface area (Å²) in [6.45, 7) is 5.12. The summed E-state index contributed by atoms with van der Waals surface area (Å²) in [5.41, 5.74) is -0.219. The molecule has 2 saturated heterocycles. The van der Waals surface area contributed by atoms with E-state index in [4.69, 9.17) is 4.74 Å². The Morgan fingerprint density at radius 2 is 1.78 bits per heavy atom. The average molecular weight is 479 g/mol. The number of nitrogens with one attached hydrogen (secondary N) is 1. The topological polar surface area (TPSA) is 82.2 Å². The summed E-state index contributed by atoms with van der Waals surface area (Å²) in [7, 11) is -3.32. The number of ether oxygens (including phenoxy) is 1. The highest BCUT2D eigenvalue weighted by Crippen LogP contribution is 2.36. The van der Waals surface area contributed by atoms with Crippen LogP contribution in [-0.4, -0.2) is 88.3 Å². The number of hydrogen-bond donors (Lipinski definition) is 1. The third-order valence-corrected chi connectivity index (χ3v) is 7.12. The predicted octanol–water partition coefficient (Wildman–Crippen LogP) is 1.84. The Morgan fingerprint density at radius 3 is 2.41 bits per heavy atom. The first-order chi connectivity index (χ1) is 15.0. The number of alkyl halides is 3. The highest BCUT2D eigenvalue weighted by atomic mass is 32.2. The number of amides is 1. The summed E-state index contributed by atoms with van der Waals surface area (Å²) in [6.07, 6.45) is -2.82. The third kappa shape index (κ3) is 6.12. The number of carbonyl (C=O) groups is 1. The van der Waals surface area contributed by atoms with E-state index in [-0.39, 0.29) is 12.2 Å². The molecule has 0 saturated carbocycles. The Bertz CT molecular complexity index is 920. The molecule has 0 aliphatic carbocycles. The maximum Gasteiger partial charge on any atom is 0.416 e. The molecule has 0 aromatic heterocycles. The van der Waals surface area contributed by atoms with Crippen molar-refractivity contribution in [2.75, 3.05) is 69.0 Å². The first-order valence-corrected chi connectivity index (χ1v) is 12.4. The number of rotatable bonds is 5. The van der Waals surface area contributed by atoms with Gasteiger partial charge in [-0.15, -0.1) is 0 Å². The lowest BCUT2D eigenvalue weighted by Gasteiger charge is -2.32. The van der Waals surface area contributed by atoms with E-state index in [1.807, 2.05) is 9.80 Å². The van der Waals surface area contributed by atoms with Crippen LogP contribution >= 0.6 is 0 Å². The molecule has 0 unspecified atom stereocenters. The molecule has 2 aliphatic rings. The summed E-state index contributed by atoms with van der Waals surface area (Å²) in [5.74, 6) is -0.438. The van der Waals surface area contributed by atoms with Crippen LogP contribution in [0.25, 0.3) is 0 Å². The highest BCUT2D eigenvalue weighted by molar-refractivity contribution is 7.88. The van der Waals surface area contributed by atoms with E-state index in [1.165, 1.54) is 10.4 Å². The number of anilines is 2. The Labute approximate surface area is 186 Å². The minimum Gasteiger partial charge on any atom is -0.378 e. The second kappa shape index (κ2) is 9.94. The van der Waals surface area contributed by atoms with Crippen molar-refractivity contribution >= 4 is 27.3 Å². The van der Waals surface area contributed by atoms with Crippen LogP contribution in [0.5, 0.6) is 0 Å². The van der Waals surface area contributed by atoms with Gasteiger partial charge in [-0.25, -0.2) is 12.7 Å². The Balaban J connectivity index is 1.77. The fraction of sp³-hybridized carbons (Fsp3) is 0.650. The Hall–Kier alpha value is -1.89. The summed E-state index contributed by atoms with van der Waals surface area (Å²) >= 11 is 0. The number of halogens is 3. The van der Waals surface area contributed by atoms with E-state index in [1.54, 1.807) is 6.92 Å². The first kappa shape index (κ1) is 24.7. The average Bonchev–Trinajstić information content (AvgIpc) is 2.99. The van der Waals surface area contributed by atoms with Gasteiger partial charge in [0.2, 0.25) is 15.9 Å². The van der Waals surface area contributed by atoms with E-state index < -0.39 is 33.7 Å². The van der Waals surface area contributed by atoms with Crippen molar-refractivity contribution in [3.8, 4) is 0 Å². The van der Waals surface area contributed by atoms with Crippen molar-refractivity contribution in [3.63, 3.8) is 0 Å². The lowest BCUT2D eigenvalue weighted by molar-refractivity contribution is -0.137. The van der Waals surface area contributed by atoms with Gasteiger partial charge in [0.25, 0.3) is 0 Å². The van der Waals surface area contributed by atoms with E-state index in [0.29, 0.717) is 58.0 Å². The van der Waals surface area contributed by atoms with Crippen LogP contribution in [0.4, 0.5) is 24.5 Å². The molecule has 1 aromatic carbocycles. The van der Waals surface area contributed by atoms with Gasteiger partial charge in [0.15, 0.2) is 0 Å². The number of hydrogen-bond acceptors (Lipinski definition) is 6. The fourth-order valence-electron chi connectivity index (χ4n) is 3.93. The highest BCUT2D eigenvalue weighted by Gasteiger charge is 2.33. The molecule has 180 valence electrons. The summed E-state index contributed by atoms with van der Waals surface area (Å²) in [6, 6.07) is 2.72. The summed E-state index contributed by atoms with van der Waals surface area (Å²) in [4.78, 5) is 16.7. The van der Waals surface area contributed by atoms with Crippen LogP contribution in [0.3, 0.4) is 0 Å². The number of sulfonamides is 1. The maximum atomic E-state index is 13.3. The van der Waals surface area contributed by atoms with Crippen molar-refractivity contribution in [2.45, 2.75) is 25.6 Å². The van der Waals surface area contributed by atoms with Gasteiger partial charge in [-0.3, -0.25) is 9.69 Å². The zero-order chi connectivity index (χ0) is 23.5. The third-order valence-electron chi connectivity index (χ3n) is 5.82. The second-order valence-electron chi connectivity index (χ2n) is 8.05. The molecule has 12 heteroatoms. The van der Waals surface area contributed by atoms with Gasteiger partial charge in [-0.2, -0.15) is 13.2 Å². The SMILES string of the molecule is C[C@@H](C(=O)Nc1cc(C(F)(F)F)ccc1N1CCOCC1)N1CCCN(S(C)(=O)=O)CC1. The summed E-state index contributed by atoms with van der Waals surface area (Å²) < 4.78 is 70.2. The largest absolute Gasteiger partial charge is 0.416 e. The van der Waals surface area contributed by atoms with Crippen LogP contribution in [-0.2, 0) is 25.7 Å². The van der Waals surface area contributed by atoms with Gasteiger partial charge >= 0.3 is 6.18 Å². The van der Waals surface area contributed by atoms with Gasteiger partial charge in [0, 0.05) is 39.3 Å². The predicted molar refractivity (Wildman–Crippen MR) is 115 cm³/mol. The zero-order valence-electron chi connectivity index (χ0n) is 18.2. The zero-order valence-corrected chi connectivity index (χ0v) is 19.0. The molecule has 0 radical (unpaired) electrons. The molecule has 0 spiro atoms. The van der Waals surface area contributed by atoms with E-state index in [9.17, 15) is 26.4 Å². The molecule has 0 bridgehead atoms. The molecule has 1 N–H and O–H groups in total. The molecule has 1 atom stereocenters. The van der Waals surface area contributed by atoms with Crippen LogP contribution in [0.1, 0.15) is 18.9 Å². The van der Waals surface area contributed by atoms with Crippen molar-refractivity contribution in [1.29, 1.82) is 0 Å². The van der Waals surface area contributed by atoms with Gasteiger partial charge in [-0.05, 0) is 31.5 Å². The monoisotopic (exact) mass is 478 g/mol. The molecule has 32 heavy (non-hydrogen) atoms. The summed E-state index contributed by atoms with van der Waals surface area (Å²) in [5, 5.41) is 2.68. The Kier molecular flexibility index (Phi) is 7.69. The molecule has 1 amide bonds. The standard InChI is InChI=1S/C20H29F3N4O4S/c1-15(25-6-3-7-27(9-8-25)32(2,29)30)19(28)24-17-14-16(20(21,22)23)4-5-18(17)26-10-12-31-13-11-26/h4-5,14-15H,3,6-13H2,1-2H3,(H,24,28)/t15-/m0/s1. The molecule has 2 heterocycles. The van der Waals surface area contributed by atoms with Crippen LogP contribution < -0.4 is 10.2 Å². The molecule has 2 aliphatic heterocycles. The molecule has 2 fully saturated rings.